The molecule has 4 rings (SSSR count). The molecule has 0 radical (unpaired) electrons. The minimum atomic E-state index is -0.00628. The van der Waals surface area contributed by atoms with Crippen molar-refractivity contribution in [3.05, 3.63) is 58.3 Å². The molecule has 0 bridgehead atoms. The van der Waals surface area contributed by atoms with Crippen molar-refractivity contribution in [2.24, 2.45) is 5.92 Å². The van der Waals surface area contributed by atoms with E-state index in [1.54, 1.807) is 18.5 Å². The Morgan fingerprint density at radius 3 is 2.66 bits per heavy atom. The molecule has 2 heterocycles. The van der Waals surface area contributed by atoms with Gasteiger partial charge >= 0.3 is 0 Å². The molecule has 7 heteroatoms. The smallest absolute Gasteiger partial charge is 0.253 e. The normalized spacial score (nSPS) is 24.3. The molecular weight excluding hydrogens is 443 g/mol. The minimum Gasteiger partial charge on any atom is -0.365 e. The SMILES string of the molecule is CC1CN(CCC2CCC(NC(=O)c3cccnc3)CC2)CCN1c1cccc(Cl)c1Cl. The molecule has 5 nitrogen and oxygen atoms in total. The second-order valence-corrected chi connectivity index (χ2v) is 9.92. The molecule has 1 N–H and O–H groups in total. The van der Waals surface area contributed by atoms with Crippen molar-refractivity contribution in [2.45, 2.75) is 51.1 Å². The summed E-state index contributed by atoms with van der Waals surface area (Å²) in [5.41, 5.74) is 1.68. The Bertz CT molecular complexity index is 902. The van der Waals surface area contributed by atoms with Crippen LogP contribution >= 0.6 is 23.2 Å². The van der Waals surface area contributed by atoms with Gasteiger partial charge < -0.3 is 10.2 Å². The Morgan fingerprint density at radius 1 is 1.12 bits per heavy atom. The number of anilines is 1. The standard InChI is InChI=1S/C25H32Cl2N4O/c1-18-17-30(14-15-31(18)23-6-2-5-22(26)24(23)27)13-11-19-7-9-21(10-8-19)29-25(32)20-4-3-12-28-16-20/h2-6,12,16,18-19,21H,7-11,13-15,17H2,1H3,(H,29,32). The van der Waals surface area contributed by atoms with E-state index in [1.165, 1.54) is 19.3 Å². The van der Waals surface area contributed by atoms with Gasteiger partial charge in [-0.25, -0.2) is 0 Å². The first-order chi connectivity index (χ1) is 15.5. The molecule has 0 spiro atoms. The highest BCUT2D eigenvalue weighted by atomic mass is 35.5. The summed E-state index contributed by atoms with van der Waals surface area (Å²) in [4.78, 5) is 21.3. The first-order valence-corrected chi connectivity index (χ1v) is 12.4. The first-order valence-electron chi connectivity index (χ1n) is 11.6. The van der Waals surface area contributed by atoms with Gasteiger partial charge in [-0.15, -0.1) is 0 Å². The predicted octanol–water partition coefficient (Wildman–Crippen LogP) is 5.28. The topological polar surface area (TPSA) is 48.5 Å². The molecule has 2 aromatic rings. The van der Waals surface area contributed by atoms with Crippen LogP contribution in [-0.4, -0.2) is 54.1 Å². The Balaban J connectivity index is 1.19. The summed E-state index contributed by atoms with van der Waals surface area (Å²) >= 11 is 12.7. The number of pyridine rings is 1. The van der Waals surface area contributed by atoms with Crippen molar-refractivity contribution in [1.29, 1.82) is 0 Å². The van der Waals surface area contributed by atoms with E-state index < -0.39 is 0 Å². The molecule has 1 aromatic carbocycles. The lowest BCUT2D eigenvalue weighted by Crippen LogP contribution is -2.52. The second kappa shape index (κ2) is 10.9. The van der Waals surface area contributed by atoms with Gasteiger partial charge in [-0.05, 0) is 75.8 Å². The van der Waals surface area contributed by atoms with Crippen LogP contribution in [0.1, 0.15) is 49.4 Å². The summed E-state index contributed by atoms with van der Waals surface area (Å²) < 4.78 is 0. The van der Waals surface area contributed by atoms with Gasteiger partial charge in [0.1, 0.15) is 0 Å². The number of rotatable bonds is 6. The first kappa shape index (κ1) is 23.3. The van der Waals surface area contributed by atoms with Crippen LogP contribution in [0, 0.1) is 5.92 Å². The minimum absolute atomic E-state index is 0.00628. The Hall–Kier alpha value is -1.82. The summed E-state index contributed by atoms with van der Waals surface area (Å²) in [7, 11) is 0. The number of carbonyl (C=O) groups is 1. The summed E-state index contributed by atoms with van der Waals surface area (Å²) in [6.45, 7) is 6.45. The number of benzene rings is 1. The van der Waals surface area contributed by atoms with E-state index in [1.807, 2.05) is 18.2 Å². The maximum absolute atomic E-state index is 12.3. The third-order valence-electron chi connectivity index (χ3n) is 6.91. The van der Waals surface area contributed by atoms with Gasteiger partial charge in [-0.1, -0.05) is 29.3 Å². The molecule has 1 aromatic heterocycles. The number of hydrogen-bond acceptors (Lipinski definition) is 4. The summed E-state index contributed by atoms with van der Waals surface area (Å²) in [6, 6.07) is 10.2. The molecule has 1 saturated heterocycles. The highest BCUT2D eigenvalue weighted by Gasteiger charge is 2.27. The van der Waals surface area contributed by atoms with E-state index in [0.717, 1.165) is 50.6 Å². The van der Waals surface area contributed by atoms with Gasteiger partial charge in [0, 0.05) is 44.1 Å². The molecule has 1 unspecified atom stereocenters. The fraction of sp³-hybridized carbons (Fsp3) is 0.520. The summed E-state index contributed by atoms with van der Waals surface area (Å²) in [6.07, 6.45) is 9.05. The number of hydrogen-bond donors (Lipinski definition) is 1. The zero-order chi connectivity index (χ0) is 22.5. The average molecular weight is 475 g/mol. The molecule has 1 aliphatic heterocycles. The van der Waals surface area contributed by atoms with Crippen molar-refractivity contribution >= 4 is 34.8 Å². The quantitative estimate of drug-likeness (QED) is 0.618. The molecule has 2 aliphatic rings. The third-order valence-corrected chi connectivity index (χ3v) is 7.72. The zero-order valence-corrected chi connectivity index (χ0v) is 20.2. The van der Waals surface area contributed by atoms with Gasteiger partial charge in [-0.3, -0.25) is 14.7 Å². The molecular formula is C25H32Cl2N4O. The number of nitrogens with one attached hydrogen (secondary N) is 1. The van der Waals surface area contributed by atoms with Crippen LogP contribution in [0.4, 0.5) is 5.69 Å². The lowest BCUT2D eigenvalue weighted by atomic mass is 9.84. The lowest BCUT2D eigenvalue weighted by molar-refractivity contribution is 0.0919. The Labute approximate surface area is 201 Å². The van der Waals surface area contributed by atoms with E-state index in [4.69, 9.17) is 23.2 Å². The lowest BCUT2D eigenvalue weighted by Gasteiger charge is -2.42. The van der Waals surface area contributed by atoms with E-state index in [9.17, 15) is 4.79 Å². The van der Waals surface area contributed by atoms with Crippen LogP contribution in [0.5, 0.6) is 0 Å². The van der Waals surface area contributed by atoms with Gasteiger partial charge in [0.15, 0.2) is 0 Å². The molecule has 172 valence electrons. The largest absolute Gasteiger partial charge is 0.365 e. The van der Waals surface area contributed by atoms with Gasteiger partial charge in [-0.2, -0.15) is 0 Å². The molecule has 1 amide bonds. The molecule has 1 aliphatic carbocycles. The van der Waals surface area contributed by atoms with E-state index >= 15 is 0 Å². The van der Waals surface area contributed by atoms with Gasteiger partial charge in [0.2, 0.25) is 0 Å². The van der Waals surface area contributed by atoms with Gasteiger partial charge in [0.05, 0.1) is 21.3 Å². The van der Waals surface area contributed by atoms with Crippen molar-refractivity contribution in [3.8, 4) is 0 Å². The Kier molecular flexibility index (Phi) is 7.93. The monoisotopic (exact) mass is 474 g/mol. The van der Waals surface area contributed by atoms with Crippen LogP contribution < -0.4 is 10.2 Å². The van der Waals surface area contributed by atoms with E-state index in [-0.39, 0.29) is 11.9 Å². The maximum Gasteiger partial charge on any atom is 0.253 e. The summed E-state index contributed by atoms with van der Waals surface area (Å²) in [5, 5.41) is 4.45. The number of piperazine rings is 1. The van der Waals surface area contributed by atoms with Gasteiger partial charge in [0.25, 0.3) is 5.91 Å². The van der Waals surface area contributed by atoms with E-state index in [0.29, 0.717) is 21.7 Å². The van der Waals surface area contributed by atoms with Crippen molar-refractivity contribution in [2.75, 3.05) is 31.1 Å². The van der Waals surface area contributed by atoms with Crippen LogP contribution in [0.2, 0.25) is 10.0 Å². The zero-order valence-electron chi connectivity index (χ0n) is 18.6. The number of nitrogens with zero attached hydrogens (tertiary/aromatic N) is 3. The average Bonchev–Trinajstić information content (AvgIpc) is 2.81. The fourth-order valence-electron chi connectivity index (χ4n) is 5.03. The van der Waals surface area contributed by atoms with Crippen LogP contribution in [0.25, 0.3) is 0 Å². The number of aromatic nitrogens is 1. The second-order valence-electron chi connectivity index (χ2n) is 9.14. The molecule has 2 fully saturated rings. The maximum atomic E-state index is 12.3. The van der Waals surface area contributed by atoms with Crippen molar-refractivity contribution in [1.82, 2.24) is 15.2 Å². The predicted molar refractivity (Wildman–Crippen MR) is 132 cm³/mol. The van der Waals surface area contributed by atoms with Crippen molar-refractivity contribution in [3.63, 3.8) is 0 Å². The Morgan fingerprint density at radius 2 is 1.94 bits per heavy atom. The highest BCUT2D eigenvalue weighted by molar-refractivity contribution is 6.43. The number of amides is 1. The molecule has 1 atom stereocenters. The number of carbonyl (C=O) groups excluding carboxylic acids is 1. The van der Waals surface area contributed by atoms with Crippen molar-refractivity contribution < 1.29 is 4.79 Å². The fourth-order valence-corrected chi connectivity index (χ4v) is 5.44. The third kappa shape index (κ3) is 5.75. The summed E-state index contributed by atoms with van der Waals surface area (Å²) in [5.74, 6) is 0.741. The van der Waals surface area contributed by atoms with Crippen LogP contribution in [-0.2, 0) is 0 Å². The van der Waals surface area contributed by atoms with Crippen LogP contribution in [0.15, 0.2) is 42.7 Å². The number of halogens is 2. The van der Waals surface area contributed by atoms with Crippen LogP contribution in [0.3, 0.4) is 0 Å². The highest BCUT2D eigenvalue weighted by Crippen LogP contribution is 2.34. The van der Waals surface area contributed by atoms with E-state index in [2.05, 4.69) is 33.1 Å². The molecule has 32 heavy (non-hydrogen) atoms. The molecule has 1 saturated carbocycles.